The van der Waals surface area contributed by atoms with E-state index in [9.17, 15) is 14.5 Å². The Balaban J connectivity index is 2.18. The summed E-state index contributed by atoms with van der Waals surface area (Å²) >= 11 is 5.75. The lowest BCUT2D eigenvalue weighted by Crippen LogP contribution is -2.03. The van der Waals surface area contributed by atoms with Gasteiger partial charge >= 0.3 is 0 Å². The van der Waals surface area contributed by atoms with E-state index in [0.717, 1.165) is 0 Å². The number of nitrogens with zero attached hydrogens (tertiary/aromatic N) is 1. The average Bonchev–Trinajstić information content (AvgIpc) is 2.47. The van der Waals surface area contributed by atoms with Crippen LogP contribution in [0.1, 0.15) is 5.56 Å². The highest BCUT2D eigenvalue weighted by Gasteiger charge is 2.14. The lowest BCUT2D eigenvalue weighted by Gasteiger charge is -2.09. The molecule has 0 fully saturated rings. The van der Waals surface area contributed by atoms with E-state index < -0.39 is 10.7 Å². The fourth-order valence-electron chi connectivity index (χ4n) is 1.82. The van der Waals surface area contributed by atoms with Gasteiger partial charge < -0.3 is 10.1 Å². The zero-order chi connectivity index (χ0) is 15.4. The first kappa shape index (κ1) is 15.1. The molecule has 2 aromatic rings. The second kappa shape index (κ2) is 6.41. The number of ether oxygens (including phenoxy) is 1. The number of nitrogens with one attached hydrogen (secondary N) is 1. The second-order valence-electron chi connectivity index (χ2n) is 4.23. The molecule has 1 N–H and O–H groups in total. The number of anilines is 1. The van der Waals surface area contributed by atoms with Crippen LogP contribution < -0.4 is 10.1 Å². The maximum atomic E-state index is 13.3. The molecule has 2 aromatic carbocycles. The Bertz CT molecular complexity index is 679. The molecule has 0 saturated carbocycles. The minimum atomic E-state index is -0.492. The molecule has 0 aliphatic rings. The Morgan fingerprint density at radius 2 is 2.10 bits per heavy atom. The number of hydrogen-bond acceptors (Lipinski definition) is 4. The summed E-state index contributed by atoms with van der Waals surface area (Å²) in [7, 11) is 1.37. The standard InChI is InChI=1S/C14H12ClFN2O3/c1-21-14-7-11(4-5-12(14)16)17-8-9-2-3-10(15)6-13(9)18(19)20/h2-7,17H,8H2,1H3. The van der Waals surface area contributed by atoms with Gasteiger partial charge in [-0.15, -0.1) is 0 Å². The first-order valence-corrected chi connectivity index (χ1v) is 6.39. The van der Waals surface area contributed by atoms with Gasteiger partial charge in [0.25, 0.3) is 5.69 Å². The van der Waals surface area contributed by atoms with Crippen LogP contribution in [0.25, 0.3) is 0 Å². The summed E-state index contributed by atoms with van der Waals surface area (Å²) in [6.45, 7) is 0.211. The van der Waals surface area contributed by atoms with E-state index in [1.54, 1.807) is 12.1 Å². The highest BCUT2D eigenvalue weighted by molar-refractivity contribution is 6.30. The SMILES string of the molecule is COc1cc(NCc2ccc(Cl)cc2[N+](=O)[O-])ccc1F. The molecule has 21 heavy (non-hydrogen) atoms. The van der Waals surface area contributed by atoms with E-state index >= 15 is 0 Å². The zero-order valence-electron chi connectivity index (χ0n) is 11.1. The number of rotatable bonds is 5. The van der Waals surface area contributed by atoms with E-state index in [0.29, 0.717) is 16.3 Å². The number of nitro groups is 1. The summed E-state index contributed by atoms with van der Waals surface area (Å²) < 4.78 is 18.2. The molecule has 0 radical (unpaired) electrons. The lowest BCUT2D eigenvalue weighted by molar-refractivity contribution is -0.385. The Kier molecular flexibility index (Phi) is 4.59. The van der Waals surface area contributed by atoms with Crippen LogP contribution in [0, 0.1) is 15.9 Å². The van der Waals surface area contributed by atoms with Crippen LogP contribution in [0.15, 0.2) is 36.4 Å². The Labute approximate surface area is 125 Å². The van der Waals surface area contributed by atoms with Gasteiger partial charge in [0.05, 0.1) is 12.0 Å². The van der Waals surface area contributed by atoms with Crippen molar-refractivity contribution in [1.82, 2.24) is 0 Å². The van der Waals surface area contributed by atoms with Crippen molar-refractivity contribution in [3.05, 3.63) is 62.9 Å². The number of hydrogen-bond donors (Lipinski definition) is 1. The Morgan fingerprint density at radius 1 is 1.33 bits per heavy atom. The van der Waals surface area contributed by atoms with Crippen LogP contribution in [0.5, 0.6) is 5.75 Å². The number of methoxy groups -OCH3 is 1. The molecule has 0 aliphatic carbocycles. The molecule has 0 heterocycles. The van der Waals surface area contributed by atoms with Gasteiger partial charge in [-0.1, -0.05) is 11.6 Å². The van der Waals surface area contributed by atoms with Gasteiger partial charge in [0.1, 0.15) is 0 Å². The molecule has 110 valence electrons. The average molecular weight is 311 g/mol. The Hall–Kier alpha value is -2.34. The van der Waals surface area contributed by atoms with Gasteiger partial charge in [-0.2, -0.15) is 0 Å². The molecule has 0 unspecified atom stereocenters. The van der Waals surface area contributed by atoms with Gasteiger partial charge in [0.15, 0.2) is 11.6 Å². The predicted molar refractivity (Wildman–Crippen MR) is 78.4 cm³/mol. The van der Waals surface area contributed by atoms with Gasteiger partial charge in [-0.05, 0) is 24.3 Å². The van der Waals surface area contributed by atoms with Crippen molar-refractivity contribution in [3.8, 4) is 5.75 Å². The molecular formula is C14H12ClFN2O3. The van der Waals surface area contributed by atoms with Crippen molar-refractivity contribution in [2.75, 3.05) is 12.4 Å². The topological polar surface area (TPSA) is 64.4 Å². The monoisotopic (exact) mass is 310 g/mol. The van der Waals surface area contributed by atoms with Crippen molar-refractivity contribution in [3.63, 3.8) is 0 Å². The fourth-order valence-corrected chi connectivity index (χ4v) is 1.99. The minimum absolute atomic E-state index is 0.0657. The smallest absolute Gasteiger partial charge is 0.275 e. The van der Waals surface area contributed by atoms with Crippen LogP contribution in [0.3, 0.4) is 0 Å². The summed E-state index contributed by atoms with van der Waals surface area (Å²) in [5.74, 6) is -0.369. The van der Waals surface area contributed by atoms with Crippen LogP contribution in [0.4, 0.5) is 15.8 Å². The first-order valence-electron chi connectivity index (χ1n) is 6.01. The predicted octanol–water partition coefficient (Wildman–Crippen LogP) is 4.01. The zero-order valence-corrected chi connectivity index (χ0v) is 11.9. The second-order valence-corrected chi connectivity index (χ2v) is 4.67. The molecule has 0 aromatic heterocycles. The van der Waals surface area contributed by atoms with Crippen molar-refractivity contribution < 1.29 is 14.1 Å². The van der Waals surface area contributed by atoms with Gasteiger partial charge in [0, 0.05) is 35.0 Å². The van der Waals surface area contributed by atoms with Crippen LogP contribution in [-0.2, 0) is 6.54 Å². The van der Waals surface area contributed by atoms with Crippen molar-refractivity contribution in [2.24, 2.45) is 0 Å². The number of halogens is 2. The van der Waals surface area contributed by atoms with Crippen LogP contribution >= 0.6 is 11.6 Å². The summed E-state index contributed by atoms with van der Waals surface area (Å²) in [6.07, 6.45) is 0. The summed E-state index contributed by atoms with van der Waals surface area (Å²) in [4.78, 5) is 10.5. The molecule has 2 rings (SSSR count). The summed E-state index contributed by atoms with van der Waals surface area (Å²) in [6, 6.07) is 8.73. The van der Waals surface area contributed by atoms with E-state index in [2.05, 4.69) is 5.32 Å². The van der Waals surface area contributed by atoms with E-state index in [1.807, 2.05) is 0 Å². The maximum Gasteiger partial charge on any atom is 0.275 e. The molecule has 0 atom stereocenters. The first-order chi connectivity index (χ1) is 10.0. The van der Waals surface area contributed by atoms with Gasteiger partial charge in [-0.3, -0.25) is 10.1 Å². The maximum absolute atomic E-state index is 13.3. The van der Waals surface area contributed by atoms with Crippen molar-refractivity contribution in [1.29, 1.82) is 0 Å². The third-order valence-electron chi connectivity index (χ3n) is 2.88. The largest absolute Gasteiger partial charge is 0.494 e. The normalized spacial score (nSPS) is 10.2. The van der Waals surface area contributed by atoms with Crippen molar-refractivity contribution >= 4 is 23.0 Å². The van der Waals surface area contributed by atoms with E-state index in [-0.39, 0.29) is 18.0 Å². The molecule has 7 heteroatoms. The fraction of sp³-hybridized carbons (Fsp3) is 0.143. The molecule has 0 aliphatic heterocycles. The Morgan fingerprint density at radius 3 is 2.76 bits per heavy atom. The molecule has 0 amide bonds. The summed E-state index contributed by atoms with van der Waals surface area (Å²) in [5, 5.41) is 14.3. The molecule has 5 nitrogen and oxygen atoms in total. The minimum Gasteiger partial charge on any atom is -0.494 e. The quantitative estimate of drug-likeness (QED) is 0.669. The molecular weight excluding hydrogens is 299 g/mol. The number of benzene rings is 2. The van der Waals surface area contributed by atoms with Crippen molar-refractivity contribution in [2.45, 2.75) is 6.54 Å². The van der Waals surface area contributed by atoms with Gasteiger partial charge in [0.2, 0.25) is 0 Å². The van der Waals surface area contributed by atoms with Crippen LogP contribution in [-0.4, -0.2) is 12.0 Å². The molecule has 0 spiro atoms. The number of nitro benzene ring substituents is 1. The highest BCUT2D eigenvalue weighted by atomic mass is 35.5. The third kappa shape index (κ3) is 3.61. The lowest BCUT2D eigenvalue weighted by atomic mass is 10.1. The van der Waals surface area contributed by atoms with E-state index in [4.69, 9.17) is 16.3 Å². The third-order valence-corrected chi connectivity index (χ3v) is 3.11. The van der Waals surface area contributed by atoms with Crippen LogP contribution in [0.2, 0.25) is 5.02 Å². The van der Waals surface area contributed by atoms with E-state index in [1.165, 1.54) is 31.4 Å². The summed E-state index contributed by atoms with van der Waals surface area (Å²) in [5.41, 5.74) is 1.01. The van der Waals surface area contributed by atoms with Gasteiger partial charge in [-0.25, -0.2) is 4.39 Å². The highest BCUT2D eigenvalue weighted by Crippen LogP contribution is 2.25. The molecule has 0 bridgehead atoms. The molecule has 0 saturated heterocycles.